The Labute approximate surface area is 96.6 Å². The van der Waals surface area contributed by atoms with Gasteiger partial charge >= 0.3 is 12.0 Å². The zero-order valence-corrected chi connectivity index (χ0v) is 10.1. The third-order valence-corrected chi connectivity index (χ3v) is 2.33. The predicted molar refractivity (Wildman–Crippen MR) is 62.4 cm³/mol. The Morgan fingerprint density at radius 1 is 1.19 bits per heavy atom. The van der Waals surface area contributed by atoms with Gasteiger partial charge < -0.3 is 15.7 Å². The Hall–Kier alpha value is -1.26. The van der Waals surface area contributed by atoms with Crippen molar-refractivity contribution in [2.24, 2.45) is 0 Å². The van der Waals surface area contributed by atoms with Crippen molar-refractivity contribution in [3.05, 3.63) is 0 Å². The monoisotopic (exact) mass is 230 g/mol. The summed E-state index contributed by atoms with van der Waals surface area (Å²) in [4.78, 5) is 21.9. The van der Waals surface area contributed by atoms with Gasteiger partial charge in [0.25, 0.3) is 0 Å². The molecule has 2 amide bonds. The van der Waals surface area contributed by atoms with Crippen molar-refractivity contribution in [2.45, 2.75) is 52.0 Å². The molecule has 5 nitrogen and oxygen atoms in total. The molecule has 0 spiro atoms. The fraction of sp³-hybridized carbons (Fsp3) is 0.818. The lowest BCUT2D eigenvalue weighted by atomic mass is 10.2. The third-order valence-electron chi connectivity index (χ3n) is 2.33. The van der Waals surface area contributed by atoms with Crippen molar-refractivity contribution in [1.29, 1.82) is 0 Å². The van der Waals surface area contributed by atoms with Gasteiger partial charge in [0.2, 0.25) is 0 Å². The molecule has 0 fully saturated rings. The summed E-state index contributed by atoms with van der Waals surface area (Å²) in [5.74, 6) is -0.997. The first-order valence-electron chi connectivity index (χ1n) is 5.89. The maximum atomic E-state index is 11.3. The van der Waals surface area contributed by atoms with Gasteiger partial charge in [0.1, 0.15) is 6.04 Å². The van der Waals surface area contributed by atoms with Crippen LogP contribution >= 0.6 is 0 Å². The highest BCUT2D eigenvalue weighted by molar-refractivity contribution is 5.82. The Morgan fingerprint density at radius 3 is 2.38 bits per heavy atom. The number of carbonyl (C=O) groups is 2. The van der Waals surface area contributed by atoms with Crippen molar-refractivity contribution in [3.63, 3.8) is 0 Å². The first kappa shape index (κ1) is 14.7. The van der Waals surface area contributed by atoms with Crippen LogP contribution in [-0.2, 0) is 4.79 Å². The normalized spacial score (nSPS) is 11.9. The lowest BCUT2D eigenvalue weighted by Gasteiger charge is -2.12. The molecular weight excluding hydrogens is 208 g/mol. The molecule has 94 valence electrons. The first-order valence-corrected chi connectivity index (χ1v) is 5.89. The van der Waals surface area contributed by atoms with Crippen LogP contribution in [0.5, 0.6) is 0 Å². The van der Waals surface area contributed by atoms with Gasteiger partial charge in [-0.2, -0.15) is 0 Å². The zero-order chi connectivity index (χ0) is 12.4. The van der Waals surface area contributed by atoms with E-state index >= 15 is 0 Å². The molecule has 0 bridgehead atoms. The highest BCUT2D eigenvalue weighted by Crippen LogP contribution is 1.97. The highest BCUT2D eigenvalue weighted by Gasteiger charge is 2.16. The van der Waals surface area contributed by atoms with Gasteiger partial charge in [-0.1, -0.05) is 33.1 Å². The van der Waals surface area contributed by atoms with E-state index in [1.165, 1.54) is 0 Å². The Bertz CT molecular complexity index is 219. The molecule has 1 atom stereocenters. The standard InChI is InChI=1S/C11H22N2O3/c1-3-5-6-7-8-12-11(16)13-9(4-2)10(14)15/h9H,3-8H2,1-2H3,(H,14,15)(H2,12,13,16)/t9-/m0/s1. The molecule has 0 heterocycles. The second-order valence-corrected chi connectivity index (χ2v) is 3.76. The van der Waals surface area contributed by atoms with E-state index in [4.69, 9.17) is 5.11 Å². The Morgan fingerprint density at radius 2 is 1.88 bits per heavy atom. The molecule has 0 aromatic carbocycles. The smallest absolute Gasteiger partial charge is 0.326 e. The summed E-state index contributed by atoms with van der Waals surface area (Å²) in [6.07, 6.45) is 4.73. The topological polar surface area (TPSA) is 78.4 Å². The minimum atomic E-state index is -0.997. The summed E-state index contributed by atoms with van der Waals surface area (Å²) in [5, 5.41) is 13.8. The van der Waals surface area contributed by atoms with Gasteiger partial charge in [-0.15, -0.1) is 0 Å². The van der Waals surface area contributed by atoms with E-state index in [0.717, 1.165) is 25.7 Å². The summed E-state index contributed by atoms with van der Waals surface area (Å²) in [6.45, 7) is 4.45. The number of carboxylic acid groups (broad SMARTS) is 1. The van der Waals surface area contributed by atoms with Crippen LogP contribution in [0.2, 0.25) is 0 Å². The second-order valence-electron chi connectivity index (χ2n) is 3.76. The van der Waals surface area contributed by atoms with E-state index in [9.17, 15) is 9.59 Å². The number of carboxylic acids is 1. The van der Waals surface area contributed by atoms with Crippen LogP contribution in [0.15, 0.2) is 0 Å². The minimum Gasteiger partial charge on any atom is -0.480 e. The lowest BCUT2D eigenvalue weighted by molar-refractivity contribution is -0.139. The average Bonchev–Trinajstić information content (AvgIpc) is 2.25. The number of urea groups is 1. The molecule has 0 radical (unpaired) electrons. The number of amides is 2. The molecule has 0 aromatic rings. The molecule has 0 saturated carbocycles. The number of unbranched alkanes of at least 4 members (excludes halogenated alkanes) is 3. The molecule has 16 heavy (non-hydrogen) atoms. The molecule has 0 unspecified atom stereocenters. The summed E-state index contributed by atoms with van der Waals surface area (Å²) < 4.78 is 0. The second kappa shape index (κ2) is 9.00. The van der Waals surface area contributed by atoms with E-state index in [2.05, 4.69) is 17.6 Å². The van der Waals surface area contributed by atoms with Crippen LogP contribution in [0, 0.1) is 0 Å². The molecular formula is C11H22N2O3. The van der Waals surface area contributed by atoms with Crippen molar-refractivity contribution in [3.8, 4) is 0 Å². The van der Waals surface area contributed by atoms with Gasteiger partial charge in [-0.3, -0.25) is 0 Å². The average molecular weight is 230 g/mol. The predicted octanol–water partition coefficient (Wildman–Crippen LogP) is 1.73. The highest BCUT2D eigenvalue weighted by atomic mass is 16.4. The maximum Gasteiger partial charge on any atom is 0.326 e. The van der Waals surface area contributed by atoms with E-state index < -0.39 is 18.0 Å². The number of carbonyl (C=O) groups excluding carboxylic acids is 1. The summed E-state index contributed by atoms with van der Waals surface area (Å²) in [7, 11) is 0. The van der Waals surface area contributed by atoms with E-state index in [0.29, 0.717) is 13.0 Å². The van der Waals surface area contributed by atoms with Crippen LogP contribution in [0.25, 0.3) is 0 Å². The molecule has 0 saturated heterocycles. The van der Waals surface area contributed by atoms with Gasteiger partial charge in [-0.05, 0) is 12.8 Å². The van der Waals surface area contributed by atoms with Crippen LogP contribution in [0.4, 0.5) is 4.79 Å². The maximum absolute atomic E-state index is 11.3. The minimum absolute atomic E-state index is 0.387. The van der Waals surface area contributed by atoms with Crippen LogP contribution in [0.1, 0.15) is 46.0 Å². The zero-order valence-electron chi connectivity index (χ0n) is 10.1. The van der Waals surface area contributed by atoms with Gasteiger partial charge in [0.05, 0.1) is 0 Å². The third kappa shape index (κ3) is 7.09. The van der Waals surface area contributed by atoms with Gasteiger partial charge in [0.15, 0.2) is 0 Å². The SMILES string of the molecule is CCCCCCNC(=O)N[C@@H](CC)C(=O)O. The lowest BCUT2D eigenvalue weighted by Crippen LogP contribution is -2.45. The molecule has 0 aromatic heterocycles. The summed E-state index contributed by atoms with van der Waals surface area (Å²) in [6, 6.07) is -1.19. The number of nitrogens with one attached hydrogen (secondary N) is 2. The summed E-state index contributed by atoms with van der Waals surface area (Å²) >= 11 is 0. The Kier molecular flexibility index (Phi) is 8.29. The molecule has 0 aliphatic carbocycles. The Balaban J connectivity index is 3.61. The van der Waals surface area contributed by atoms with Crippen LogP contribution < -0.4 is 10.6 Å². The molecule has 0 aliphatic heterocycles. The number of rotatable bonds is 8. The fourth-order valence-corrected chi connectivity index (χ4v) is 1.30. The summed E-state index contributed by atoms with van der Waals surface area (Å²) in [5.41, 5.74) is 0. The molecule has 5 heteroatoms. The quantitative estimate of drug-likeness (QED) is 0.556. The fourth-order valence-electron chi connectivity index (χ4n) is 1.30. The molecule has 0 aliphatic rings. The van der Waals surface area contributed by atoms with Gasteiger partial charge in [-0.25, -0.2) is 9.59 Å². The number of aliphatic carboxylic acids is 1. The van der Waals surface area contributed by atoms with Crippen LogP contribution in [0.3, 0.4) is 0 Å². The largest absolute Gasteiger partial charge is 0.480 e. The van der Waals surface area contributed by atoms with Crippen molar-refractivity contribution < 1.29 is 14.7 Å². The van der Waals surface area contributed by atoms with E-state index in [-0.39, 0.29) is 0 Å². The van der Waals surface area contributed by atoms with E-state index in [1.807, 2.05) is 0 Å². The molecule has 0 rings (SSSR count). The van der Waals surface area contributed by atoms with E-state index in [1.54, 1.807) is 6.92 Å². The van der Waals surface area contributed by atoms with Crippen LogP contribution in [-0.4, -0.2) is 29.7 Å². The number of hydrogen-bond donors (Lipinski definition) is 3. The van der Waals surface area contributed by atoms with Crippen molar-refractivity contribution in [2.75, 3.05) is 6.54 Å². The molecule has 3 N–H and O–H groups in total. The van der Waals surface area contributed by atoms with Crippen molar-refractivity contribution >= 4 is 12.0 Å². The van der Waals surface area contributed by atoms with Gasteiger partial charge in [0, 0.05) is 6.54 Å². The van der Waals surface area contributed by atoms with Crippen molar-refractivity contribution in [1.82, 2.24) is 10.6 Å². The number of hydrogen-bond acceptors (Lipinski definition) is 2. The first-order chi connectivity index (χ1) is 7.61.